The number of hydrogen-bond acceptors (Lipinski definition) is 1. The van der Waals surface area contributed by atoms with Gasteiger partial charge in [-0.05, 0) is 38.9 Å². The highest BCUT2D eigenvalue weighted by molar-refractivity contribution is 4.56. The van der Waals surface area contributed by atoms with Gasteiger partial charge in [0.2, 0.25) is 0 Å². The molecule has 0 unspecified atom stereocenters. The van der Waals surface area contributed by atoms with E-state index in [0.717, 1.165) is 0 Å². The van der Waals surface area contributed by atoms with Gasteiger partial charge in [-0.1, -0.05) is 53.9 Å². The van der Waals surface area contributed by atoms with Crippen LogP contribution in [0.15, 0.2) is 0 Å². The highest BCUT2D eigenvalue weighted by atomic mass is 15.1. The largest absolute Gasteiger partial charge is 0.303 e. The summed E-state index contributed by atoms with van der Waals surface area (Å²) in [7, 11) is 0. The monoisotopic (exact) mass is 215 g/mol. The van der Waals surface area contributed by atoms with Gasteiger partial charge in [-0.3, -0.25) is 0 Å². The Kier molecular flexibility index (Phi) is 19.0. The van der Waals surface area contributed by atoms with E-state index in [2.05, 4.69) is 25.7 Å². The summed E-state index contributed by atoms with van der Waals surface area (Å²) in [5.41, 5.74) is 0. The van der Waals surface area contributed by atoms with Crippen molar-refractivity contribution in [2.75, 3.05) is 19.6 Å². The molecule has 0 aromatic carbocycles. The van der Waals surface area contributed by atoms with Crippen LogP contribution >= 0.6 is 0 Å². The van der Waals surface area contributed by atoms with Gasteiger partial charge in [-0.25, -0.2) is 0 Å². The topological polar surface area (TPSA) is 3.24 Å². The lowest BCUT2D eigenvalue weighted by Crippen LogP contribution is -2.26. The summed E-state index contributed by atoms with van der Waals surface area (Å²) >= 11 is 0. The zero-order valence-corrected chi connectivity index (χ0v) is 11.8. The van der Waals surface area contributed by atoms with Crippen LogP contribution in [0, 0.1) is 0 Å². The molecule has 0 aromatic rings. The maximum absolute atomic E-state index is 2.62. The molecular formula is C14H33N. The normalized spacial score (nSPS) is 10.0. The molecule has 0 spiro atoms. The van der Waals surface area contributed by atoms with Gasteiger partial charge in [0.05, 0.1) is 0 Å². The van der Waals surface area contributed by atoms with Crippen molar-refractivity contribution in [1.82, 2.24) is 4.90 Å². The molecule has 0 aliphatic rings. The number of rotatable bonds is 9. The molecule has 0 atom stereocenters. The Morgan fingerprint density at radius 2 is 1.13 bits per heavy atom. The van der Waals surface area contributed by atoms with Crippen molar-refractivity contribution in [3.63, 3.8) is 0 Å². The maximum Gasteiger partial charge on any atom is -0.00187 e. The standard InChI is InChI=1S/C12H27N.C2H6/c1-4-7-9-12-13(10-6-3)11-8-5-2;1-2/h4-12H2,1-3H3;1-2H3. The van der Waals surface area contributed by atoms with Crippen LogP contribution in [-0.2, 0) is 0 Å². The zero-order chi connectivity index (χ0) is 11.9. The third kappa shape index (κ3) is 14.0. The van der Waals surface area contributed by atoms with E-state index < -0.39 is 0 Å². The van der Waals surface area contributed by atoms with Crippen LogP contribution in [0.4, 0.5) is 0 Å². The Morgan fingerprint density at radius 3 is 1.60 bits per heavy atom. The quantitative estimate of drug-likeness (QED) is 0.503. The highest BCUT2D eigenvalue weighted by Gasteiger charge is 2.01. The predicted octanol–water partition coefficient (Wildman–Crippen LogP) is 4.71. The first-order valence-electron chi connectivity index (χ1n) is 7.07. The van der Waals surface area contributed by atoms with Crippen LogP contribution in [0.1, 0.15) is 73.1 Å². The minimum absolute atomic E-state index is 1.30. The first kappa shape index (κ1) is 17.4. The molecular weight excluding hydrogens is 182 g/mol. The molecule has 0 saturated carbocycles. The van der Waals surface area contributed by atoms with Gasteiger partial charge in [0.25, 0.3) is 0 Å². The van der Waals surface area contributed by atoms with E-state index in [4.69, 9.17) is 0 Å². The smallest absolute Gasteiger partial charge is 0.00187 e. The van der Waals surface area contributed by atoms with Crippen molar-refractivity contribution in [1.29, 1.82) is 0 Å². The van der Waals surface area contributed by atoms with Crippen molar-refractivity contribution in [3.05, 3.63) is 0 Å². The second kappa shape index (κ2) is 16.4. The summed E-state index contributed by atoms with van der Waals surface area (Å²) in [4.78, 5) is 2.62. The summed E-state index contributed by atoms with van der Waals surface area (Å²) in [6, 6.07) is 0. The Balaban J connectivity index is 0. The molecule has 0 N–H and O–H groups in total. The summed E-state index contributed by atoms with van der Waals surface area (Å²) in [6.45, 7) is 14.8. The summed E-state index contributed by atoms with van der Waals surface area (Å²) < 4.78 is 0. The Morgan fingerprint density at radius 1 is 0.600 bits per heavy atom. The summed E-state index contributed by atoms with van der Waals surface area (Å²) in [5.74, 6) is 0. The van der Waals surface area contributed by atoms with Crippen molar-refractivity contribution < 1.29 is 0 Å². The molecule has 0 amide bonds. The fourth-order valence-electron chi connectivity index (χ4n) is 1.62. The van der Waals surface area contributed by atoms with Crippen LogP contribution in [0.3, 0.4) is 0 Å². The summed E-state index contributed by atoms with van der Waals surface area (Å²) in [6.07, 6.45) is 8.12. The average molecular weight is 215 g/mol. The van der Waals surface area contributed by atoms with Gasteiger partial charge in [0, 0.05) is 0 Å². The minimum Gasteiger partial charge on any atom is -0.303 e. The van der Waals surface area contributed by atoms with Gasteiger partial charge >= 0.3 is 0 Å². The predicted molar refractivity (Wildman–Crippen MR) is 72.5 cm³/mol. The van der Waals surface area contributed by atoms with E-state index in [1.807, 2.05) is 13.8 Å². The molecule has 0 aliphatic heterocycles. The van der Waals surface area contributed by atoms with Crippen LogP contribution < -0.4 is 0 Å². The molecule has 15 heavy (non-hydrogen) atoms. The van der Waals surface area contributed by atoms with Gasteiger partial charge in [0.1, 0.15) is 0 Å². The Hall–Kier alpha value is -0.0400. The van der Waals surface area contributed by atoms with Crippen LogP contribution in [0.25, 0.3) is 0 Å². The van der Waals surface area contributed by atoms with Crippen molar-refractivity contribution in [3.8, 4) is 0 Å². The van der Waals surface area contributed by atoms with Crippen LogP contribution in [0.2, 0.25) is 0 Å². The maximum atomic E-state index is 2.62. The van der Waals surface area contributed by atoms with E-state index in [1.165, 1.54) is 58.2 Å². The van der Waals surface area contributed by atoms with Crippen molar-refractivity contribution in [2.45, 2.75) is 73.1 Å². The SMILES string of the molecule is CC.CCCCCN(CCC)CCCC. The molecule has 0 fully saturated rings. The third-order valence-electron chi connectivity index (χ3n) is 2.45. The molecule has 0 heterocycles. The molecule has 94 valence electrons. The second-order valence-corrected chi connectivity index (χ2v) is 3.90. The van der Waals surface area contributed by atoms with E-state index in [-0.39, 0.29) is 0 Å². The average Bonchev–Trinajstić information content (AvgIpc) is 2.29. The lowest BCUT2D eigenvalue weighted by Gasteiger charge is -2.21. The Bertz CT molecular complexity index is 91.3. The Labute approximate surface area is 98.2 Å². The zero-order valence-electron chi connectivity index (χ0n) is 11.8. The molecule has 0 aliphatic carbocycles. The van der Waals surface area contributed by atoms with Crippen LogP contribution in [-0.4, -0.2) is 24.5 Å². The van der Waals surface area contributed by atoms with Crippen molar-refractivity contribution >= 4 is 0 Å². The molecule has 0 bridgehead atoms. The van der Waals surface area contributed by atoms with E-state index >= 15 is 0 Å². The molecule has 0 rings (SSSR count). The lowest BCUT2D eigenvalue weighted by atomic mass is 10.2. The van der Waals surface area contributed by atoms with E-state index in [0.29, 0.717) is 0 Å². The lowest BCUT2D eigenvalue weighted by molar-refractivity contribution is 0.264. The molecule has 1 nitrogen and oxygen atoms in total. The van der Waals surface area contributed by atoms with Gasteiger partial charge in [0.15, 0.2) is 0 Å². The van der Waals surface area contributed by atoms with Crippen LogP contribution in [0.5, 0.6) is 0 Å². The second-order valence-electron chi connectivity index (χ2n) is 3.90. The fraction of sp³-hybridized carbons (Fsp3) is 1.00. The first-order valence-corrected chi connectivity index (χ1v) is 7.07. The number of hydrogen-bond donors (Lipinski definition) is 0. The molecule has 0 aromatic heterocycles. The fourth-order valence-corrected chi connectivity index (χ4v) is 1.62. The third-order valence-corrected chi connectivity index (χ3v) is 2.45. The molecule has 0 saturated heterocycles. The highest BCUT2D eigenvalue weighted by Crippen LogP contribution is 2.01. The van der Waals surface area contributed by atoms with Gasteiger partial charge < -0.3 is 4.90 Å². The first-order chi connectivity index (χ1) is 7.35. The molecule has 1 heteroatoms. The van der Waals surface area contributed by atoms with E-state index in [1.54, 1.807) is 0 Å². The van der Waals surface area contributed by atoms with Gasteiger partial charge in [-0.15, -0.1) is 0 Å². The minimum atomic E-state index is 1.30. The number of unbranched alkanes of at least 4 members (excludes halogenated alkanes) is 3. The molecule has 0 radical (unpaired) electrons. The van der Waals surface area contributed by atoms with Crippen molar-refractivity contribution in [2.24, 2.45) is 0 Å². The number of nitrogens with zero attached hydrogens (tertiary/aromatic N) is 1. The van der Waals surface area contributed by atoms with Gasteiger partial charge in [-0.2, -0.15) is 0 Å². The summed E-state index contributed by atoms with van der Waals surface area (Å²) in [5, 5.41) is 0. The van der Waals surface area contributed by atoms with E-state index in [9.17, 15) is 0 Å².